The van der Waals surface area contributed by atoms with E-state index in [1.807, 2.05) is 64.1 Å². The molecule has 6 heteroatoms. The summed E-state index contributed by atoms with van der Waals surface area (Å²) in [5.41, 5.74) is 4.56. The average molecular weight is 436 g/mol. The fourth-order valence-corrected chi connectivity index (χ4v) is 3.88. The van der Waals surface area contributed by atoms with Crippen molar-refractivity contribution in [3.05, 3.63) is 58.8 Å². The van der Waals surface area contributed by atoms with E-state index in [1.165, 1.54) is 0 Å². The van der Waals surface area contributed by atoms with E-state index in [9.17, 15) is 4.79 Å². The SMILES string of the molecule is CCc1nc2cc(C)c(Oc3ccc(C)cc3)cc2c(OC(=O)OCC2CCCO2)c1C. The van der Waals surface area contributed by atoms with Gasteiger partial charge in [0.1, 0.15) is 23.9 Å². The standard InChI is InChI=1S/C26H29NO5/c1-5-22-18(4)25(32-26(28)30-15-20-7-6-12-29-20)21-14-24(17(3)13-23(21)27-22)31-19-10-8-16(2)9-11-19/h8-11,13-14,20H,5-7,12,15H2,1-4H3. The molecule has 1 aliphatic heterocycles. The number of carbonyl (C=O) groups is 1. The number of pyridine rings is 1. The normalized spacial score (nSPS) is 15.7. The highest BCUT2D eigenvalue weighted by Crippen LogP contribution is 2.36. The number of aromatic nitrogens is 1. The number of rotatable bonds is 6. The third-order valence-corrected chi connectivity index (χ3v) is 5.75. The summed E-state index contributed by atoms with van der Waals surface area (Å²) < 4.78 is 22.7. The van der Waals surface area contributed by atoms with Gasteiger partial charge in [0.25, 0.3) is 0 Å². The van der Waals surface area contributed by atoms with Gasteiger partial charge in [0, 0.05) is 23.3 Å². The van der Waals surface area contributed by atoms with Crippen molar-refractivity contribution in [2.75, 3.05) is 13.2 Å². The molecule has 1 saturated heterocycles. The van der Waals surface area contributed by atoms with Crippen molar-refractivity contribution < 1.29 is 23.7 Å². The fraction of sp³-hybridized carbons (Fsp3) is 0.385. The van der Waals surface area contributed by atoms with Gasteiger partial charge in [0.2, 0.25) is 0 Å². The summed E-state index contributed by atoms with van der Waals surface area (Å²) in [6, 6.07) is 11.7. The maximum atomic E-state index is 12.5. The van der Waals surface area contributed by atoms with E-state index in [0.717, 1.165) is 52.9 Å². The molecular formula is C26H29NO5. The number of hydrogen-bond donors (Lipinski definition) is 0. The molecule has 1 atom stereocenters. The molecule has 4 rings (SSSR count). The Morgan fingerprint density at radius 1 is 1.16 bits per heavy atom. The molecule has 2 aromatic carbocycles. The van der Waals surface area contributed by atoms with Crippen LogP contribution in [0.1, 0.15) is 42.1 Å². The molecule has 1 aromatic heterocycles. The Balaban J connectivity index is 1.66. The molecule has 2 heterocycles. The predicted octanol–water partition coefficient (Wildman–Crippen LogP) is 6.21. The van der Waals surface area contributed by atoms with Gasteiger partial charge < -0.3 is 18.9 Å². The van der Waals surface area contributed by atoms with E-state index in [1.54, 1.807) is 0 Å². The number of aryl methyl sites for hydroxylation is 3. The summed E-state index contributed by atoms with van der Waals surface area (Å²) in [6.45, 7) is 8.86. The molecular weight excluding hydrogens is 406 g/mol. The van der Waals surface area contributed by atoms with Crippen LogP contribution in [0.3, 0.4) is 0 Å². The van der Waals surface area contributed by atoms with Gasteiger partial charge in [-0.3, -0.25) is 4.98 Å². The van der Waals surface area contributed by atoms with Crippen LogP contribution in [0.2, 0.25) is 0 Å². The lowest BCUT2D eigenvalue weighted by molar-refractivity contribution is 0.0274. The molecule has 1 aliphatic rings. The molecule has 0 amide bonds. The second-order valence-corrected chi connectivity index (χ2v) is 8.21. The number of benzene rings is 2. The highest BCUT2D eigenvalue weighted by Gasteiger charge is 2.21. The predicted molar refractivity (Wildman–Crippen MR) is 123 cm³/mol. The lowest BCUT2D eigenvalue weighted by Crippen LogP contribution is -2.20. The lowest BCUT2D eigenvalue weighted by atomic mass is 10.0. The van der Waals surface area contributed by atoms with E-state index >= 15 is 0 Å². The van der Waals surface area contributed by atoms with Crippen LogP contribution in [-0.4, -0.2) is 30.5 Å². The Labute approximate surface area is 188 Å². The fourth-order valence-electron chi connectivity index (χ4n) is 3.88. The molecule has 168 valence electrons. The molecule has 0 bridgehead atoms. The summed E-state index contributed by atoms with van der Waals surface area (Å²) in [4.78, 5) is 17.3. The Kier molecular flexibility index (Phi) is 6.61. The lowest BCUT2D eigenvalue weighted by Gasteiger charge is -2.17. The zero-order valence-electron chi connectivity index (χ0n) is 19.1. The topological polar surface area (TPSA) is 66.9 Å². The number of carbonyl (C=O) groups excluding carboxylic acids is 1. The first-order valence-corrected chi connectivity index (χ1v) is 11.1. The Bertz CT molecular complexity index is 1120. The van der Waals surface area contributed by atoms with Gasteiger partial charge in [0.05, 0.1) is 11.6 Å². The summed E-state index contributed by atoms with van der Waals surface area (Å²) in [5, 5.41) is 0.710. The van der Waals surface area contributed by atoms with Crippen LogP contribution in [-0.2, 0) is 15.9 Å². The Morgan fingerprint density at radius 3 is 2.62 bits per heavy atom. The second kappa shape index (κ2) is 9.57. The molecule has 0 radical (unpaired) electrons. The van der Waals surface area contributed by atoms with E-state index in [-0.39, 0.29) is 12.7 Å². The van der Waals surface area contributed by atoms with Crippen LogP contribution in [0, 0.1) is 20.8 Å². The molecule has 32 heavy (non-hydrogen) atoms. The molecule has 0 saturated carbocycles. The maximum absolute atomic E-state index is 12.5. The van der Waals surface area contributed by atoms with Crippen LogP contribution in [0.5, 0.6) is 17.2 Å². The molecule has 3 aromatic rings. The van der Waals surface area contributed by atoms with E-state index in [0.29, 0.717) is 23.5 Å². The minimum atomic E-state index is -0.736. The van der Waals surface area contributed by atoms with E-state index < -0.39 is 6.16 Å². The van der Waals surface area contributed by atoms with Gasteiger partial charge in [-0.15, -0.1) is 0 Å². The molecule has 1 fully saturated rings. The van der Waals surface area contributed by atoms with Crippen LogP contribution >= 0.6 is 0 Å². The number of fused-ring (bicyclic) bond motifs is 1. The minimum absolute atomic E-state index is 0.0544. The largest absolute Gasteiger partial charge is 0.513 e. The summed E-state index contributed by atoms with van der Waals surface area (Å²) >= 11 is 0. The maximum Gasteiger partial charge on any atom is 0.513 e. The van der Waals surface area contributed by atoms with Crippen molar-refractivity contribution in [2.45, 2.75) is 53.1 Å². The van der Waals surface area contributed by atoms with Crippen LogP contribution in [0.15, 0.2) is 36.4 Å². The van der Waals surface area contributed by atoms with Crippen molar-refractivity contribution in [3.8, 4) is 17.2 Å². The highest BCUT2D eigenvalue weighted by atomic mass is 16.7. The second-order valence-electron chi connectivity index (χ2n) is 8.21. The van der Waals surface area contributed by atoms with Gasteiger partial charge in [0.15, 0.2) is 0 Å². The summed E-state index contributed by atoms with van der Waals surface area (Å²) in [6.07, 6.45) is 1.81. The summed E-state index contributed by atoms with van der Waals surface area (Å²) in [7, 11) is 0. The van der Waals surface area contributed by atoms with Gasteiger partial charge in [-0.25, -0.2) is 4.79 Å². The van der Waals surface area contributed by atoms with Crippen LogP contribution in [0.25, 0.3) is 10.9 Å². The molecule has 0 N–H and O–H groups in total. The minimum Gasteiger partial charge on any atom is -0.457 e. The molecule has 1 unspecified atom stereocenters. The smallest absolute Gasteiger partial charge is 0.457 e. The number of ether oxygens (including phenoxy) is 4. The Hall–Kier alpha value is -3.12. The first-order valence-electron chi connectivity index (χ1n) is 11.1. The van der Waals surface area contributed by atoms with Crippen LogP contribution in [0.4, 0.5) is 4.79 Å². The van der Waals surface area contributed by atoms with Gasteiger partial charge >= 0.3 is 6.16 Å². The third kappa shape index (κ3) is 4.86. The molecule has 0 aliphatic carbocycles. The van der Waals surface area contributed by atoms with Crippen molar-refractivity contribution >= 4 is 17.1 Å². The van der Waals surface area contributed by atoms with E-state index in [2.05, 4.69) is 0 Å². The summed E-state index contributed by atoms with van der Waals surface area (Å²) in [5.74, 6) is 1.88. The van der Waals surface area contributed by atoms with E-state index in [4.69, 9.17) is 23.9 Å². The third-order valence-electron chi connectivity index (χ3n) is 5.75. The van der Waals surface area contributed by atoms with Crippen molar-refractivity contribution in [2.24, 2.45) is 0 Å². The van der Waals surface area contributed by atoms with Gasteiger partial charge in [-0.1, -0.05) is 24.6 Å². The molecule has 0 spiro atoms. The first-order chi connectivity index (χ1) is 15.4. The zero-order chi connectivity index (χ0) is 22.7. The van der Waals surface area contributed by atoms with Crippen molar-refractivity contribution in [3.63, 3.8) is 0 Å². The molecule has 6 nitrogen and oxygen atoms in total. The number of nitrogens with zero attached hydrogens (tertiary/aromatic N) is 1. The quantitative estimate of drug-likeness (QED) is 0.429. The van der Waals surface area contributed by atoms with Gasteiger partial charge in [-0.05, 0) is 69.9 Å². The monoisotopic (exact) mass is 435 g/mol. The Morgan fingerprint density at radius 2 is 1.94 bits per heavy atom. The first kappa shape index (κ1) is 22.1. The van der Waals surface area contributed by atoms with Crippen molar-refractivity contribution in [1.29, 1.82) is 0 Å². The van der Waals surface area contributed by atoms with Gasteiger partial charge in [-0.2, -0.15) is 0 Å². The average Bonchev–Trinajstić information content (AvgIpc) is 3.30. The van der Waals surface area contributed by atoms with Crippen molar-refractivity contribution in [1.82, 2.24) is 4.98 Å². The highest BCUT2D eigenvalue weighted by molar-refractivity contribution is 5.90. The van der Waals surface area contributed by atoms with Crippen LogP contribution < -0.4 is 9.47 Å². The zero-order valence-corrected chi connectivity index (χ0v) is 19.1. The number of hydrogen-bond acceptors (Lipinski definition) is 6.